The van der Waals surface area contributed by atoms with Crippen molar-refractivity contribution in [3.63, 3.8) is 0 Å². The summed E-state index contributed by atoms with van der Waals surface area (Å²) >= 11 is 6.10. The first-order valence-corrected chi connectivity index (χ1v) is 16.8. The maximum absolute atomic E-state index is 14.2. The molecule has 3 aromatic rings. The van der Waals surface area contributed by atoms with Gasteiger partial charge in [0.25, 0.3) is 10.0 Å². The second-order valence-electron chi connectivity index (χ2n) is 11.7. The van der Waals surface area contributed by atoms with E-state index in [1.807, 2.05) is 19.1 Å². The molecule has 1 aliphatic carbocycles. The van der Waals surface area contributed by atoms with E-state index in [1.165, 1.54) is 4.90 Å². The minimum Gasteiger partial charge on any atom is -0.352 e. The van der Waals surface area contributed by atoms with E-state index in [4.69, 9.17) is 11.6 Å². The van der Waals surface area contributed by atoms with E-state index < -0.39 is 28.5 Å². The zero-order chi connectivity index (χ0) is 31.1. The Morgan fingerprint density at radius 3 is 2.07 bits per heavy atom. The second kappa shape index (κ2) is 14.4. The average molecular weight is 624 g/mol. The number of carbonyl (C=O) groups is 2. The monoisotopic (exact) mass is 623 g/mol. The Hall–Kier alpha value is -3.36. The highest BCUT2D eigenvalue weighted by molar-refractivity contribution is 7.92. The quantitative estimate of drug-likeness (QED) is 0.254. The number of sulfonamides is 1. The lowest BCUT2D eigenvalue weighted by Gasteiger charge is -2.33. The summed E-state index contributed by atoms with van der Waals surface area (Å²) in [5.41, 5.74) is 3.14. The third kappa shape index (κ3) is 8.39. The maximum atomic E-state index is 14.2. The molecule has 9 heteroatoms. The van der Waals surface area contributed by atoms with Gasteiger partial charge in [-0.1, -0.05) is 86.7 Å². The molecule has 1 fully saturated rings. The molecular formula is C34H42ClN3O4S. The van der Waals surface area contributed by atoms with Crippen LogP contribution in [0.2, 0.25) is 5.02 Å². The van der Waals surface area contributed by atoms with Crippen LogP contribution in [0.4, 0.5) is 5.69 Å². The first-order valence-electron chi connectivity index (χ1n) is 15.0. The molecule has 1 atom stereocenters. The van der Waals surface area contributed by atoms with E-state index in [-0.39, 0.29) is 29.3 Å². The van der Waals surface area contributed by atoms with Gasteiger partial charge in [-0.05, 0) is 80.1 Å². The van der Waals surface area contributed by atoms with Crippen LogP contribution in [0.15, 0.2) is 77.7 Å². The highest BCUT2D eigenvalue weighted by atomic mass is 35.5. The number of amides is 2. The Labute approximate surface area is 261 Å². The number of hydrogen-bond acceptors (Lipinski definition) is 4. The summed E-state index contributed by atoms with van der Waals surface area (Å²) in [7, 11) is -4.11. The largest absolute Gasteiger partial charge is 0.352 e. The Morgan fingerprint density at radius 1 is 0.884 bits per heavy atom. The third-order valence-corrected chi connectivity index (χ3v) is 10.2. The molecule has 1 N–H and O–H groups in total. The lowest BCUT2D eigenvalue weighted by atomic mass is 9.95. The van der Waals surface area contributed by atoms with Crippen LogP contribution in [-0.4, -0.2) is 43.8 Å². The topological polar surface area (TPSA) is 86.8 Å². The van der Waals surface area contributed by atoms with E-state index in [1.54, 1.807) is 67.6 Å². The van der Waals surface area contributed by atoms with Gasteiger partial charge < -0.3 is 10.2 Å². The maximum Gasteiger partial charge on any atom is 0.264 e. The molecule has 43 heavy (non-hydrogen) atoms. The molecule has 2 amide bonds. The number of nitrogens with zero attached hydrogens (tertiary/aromatic N) is 2. The smallest absolute Gasteiger partial charge is 0.264 e. The van der Waals surface area contributed by atoms with Crippen LogP contribution < -0.4 is 9.62 Å². The van der Waals surface area contributed by atoms with E-state index >= 15 is 0 Å². The van der Waals surface area contributed by atoms with Crippen molar-refractivity contribution in [1.29, 1.82) is 0 Å². The molecule has 0 bridgehead atoms. The number of carbonyl (C=O) groups excluding carboxylic acids is 2. The van der Waals surface area contributed by atoms with Crippen molar-refractivity contribution in [2.75, 3.05) is 10.8 Å². The van der Waals surface area contributed by atoms with Gasteiger partial charge in [-0.3, -0.25) is 13.9 Å². The van der Waals surface area contributed by atoms with Crippen molar-refractivity contribution >= 4 is 39.1 Å². The summed E-state index contributed by atoms with van der Waals surface area (Å²) < 4.78 is 29.2. The normalized spacial score (nSPS) is 14.7. The van der Waals surface area contributed by atoms with Gasteiger partial charge >= 0.3 is 0 Å². The standard InChI is InChI=1S/C34H42ClN3O4S/c1-24(2)28-14-18-31(19-15-28)38(43(41,42)32-20-10-25(3)11-21-32)23-33(39)37(22-27-12-16-29(35)17-13-27)26(4)34(40)36-30-8-6-5-7-9-30/h10-21,24,26,30H,5-9,22-23H2,1-4H3,(H,36,40)/t26-/m0/s1. The molecule has 0 saturated heterocycles. The fourth-order valence-electron chi connectivity index (χ4n) is 5.33. The van der Waals surface area contributed by atoms with Gasteiger partial charge in [-0.15, -0.1) is 0 Å². The van der Waals surface area contributed by atoms with Crippen molar-refractivity contribution in [3.05, 3.63) is 94.5 Å². The molecule has 0 unspecified atom stereocenters. The lowest BCUT2D eigenvalue weighted by Crippen LogP contribution is -2.53. The Balaban J connectivity index is 1.68. The number of rotatable bonds is 11. The third-order valence-electron chi connectivity index (χ3n) is 8.12. The van der Waals surface area contributed by atoms with E-state index in [0.29, 0.717) is 10.7 Å². The molecule has 0 heterocycles. The molecule has 7 nitrogen and oxygen atoms in total. The summed E-state index contributed by atoms with van der Waals surface area (Å²) in [6, 6.07) is 20.1. The number of benzene rings is 3. The van der Waals surface area contributed by atoms with Crippen LogP contribution in [0.25, 0.3) is 0 Å². The molecule has 1 saturated carbocycles. The van der Waals surface area contributed by atoms with Crippen molar-refractivity contribution in [2.45, 2.75) is 89.2 Å². The lowest BCUT2D eigenvalue weighted by molar-refractivity contribution is -0.139. The molecule has 0 aliphatic heterocycles. The SMILES string of the molecule is Cc1ccc(S(=O)(=O)N(CC(=O)N(Cc2ccc(Cl)cc2)[C@@H](C)C(=O)NC2CCCCC2)c2ccc(C(C)C)cc2)cc1. The van der Waals surface area contributed by atoms with Crippen molar-refractivity contribution < 1.29 is 18.0 Å². The molecular weight excluding hydrogens is 582 g/mol. The Morgan fingerprint density at radius 2 is 1.49 bits per heavy atom. The van der Waals surface area contributed by atoms with E-state index in [0.717, 1.165) is 53.1 Å². The Bertz CT molecular complexity index is 1480. The van der Waals surface area contributed by atoms with Crippen LogP contribution >= 0.6 is 11.6 Å². The fraction of sp³-hybridized carbons (Fsp3) is 0.412. The van der Waals surface area contributed by atoms with Crippen LogP contribution in [0.1, 0.15) is 75.5 Å². The number of nitrogens with one attached hydrogen (secondary N) is 1. The molecule has 4 rings (SSSR count). The molecule has 3 aromatic carbocycles. The number of anilines is 1. The van der Waals surface area contributed by atoms with E-state index in [9.17, 15) is 18.0 Å². The summed E-state index contributed by atoms with van der Waals surface area (Å²) in [5.74, 6) is -0.468. The van der Waals surface area contributed by atoms with Gasteiger partial charge in [0.1, 0.15) is 12.6 Å². The molecule has 0 aromatic heterocycles. The fourth-order valence-corrected chi connectivity index (χ4v) is 6.87. The van der Waals surface area contributed by atoms with Gasteiger partial charge in [-0.25, -0.2) is 8.42 Å². The summed E-state index contributed by atoms with van der Waals surface area (Å²) in [6.45, 7) is 7.37. The highest BCUT2D eigenvalue weighted by Crippen LogP contribution is 2.27. The van der Waals surface area contributed by atoms with Gasteiger partial charge in [0.05, 0.1) is 10.6 Å². The molecule has 0 spiro atoms. The van der Waals surface area contributed by atoms with Crippen molar-refractivity contribution in [2.24, 2.45) is 0 Å². The van der Waals surface area contributed by atoms with Gasteiger partial charge in [0.2, 0.25) is 11.8 Å². The summed E-state index contributed by atoms with van der Waals surface area (Å²) in [5, 5.41) is 3.69. The number of halogens is 1. The van der Waals surface area contributed by atoms with Crippen molar-refractivity contribution in [1.82, 2.24) is 10.2 Å². The first-order chi connectivity index (χ1) is 20.5. The average Bonchev–Trinajstić information content (AvgIpc) is 2.99. The zero-order valence-electron chi connectivity index (χ0n) is 25.4. The predicted molar refractivity (Wildman–Crippen MR) is 173 cm³/mol. The summed E-state index contributed by atoms with van der Waals surface area (Å²) in [4.78, 5) is 29.2. The molecule has 0 radical (unpaired) electrons. The van der Waals surface area contributed by atoms with Gasteiger partial charge in [0.15, 0.2) is 0 Å². The minimum absolute atomic E-state index is 0.0778. The number of hydrogen-bond donors (Lipinski definition) is 1. The van der Waals surface area contributed by atoms with E-state index in [2.05, 4.69) is 19.2 Å². The highest BCUT2D eigenvalue weighted by Gasteiger charge is 2.33. The van der Waals surface area contributed by atoms with Gasteiger partial charge in [-0.2, -0.15) is 0 Å². The van der Waals surface area contributed by atoms with Crippen molar-refractivity contribution in [3.8, 4) is 0 Å². The van der Waals surface area contributed by atoms with Crippen LogP contribution in [-0.2, 0) is 26.2 Å². The number of aryl methyl sites for hydroxylation is 1. The van der Waals surface area contributed by atoms with Crippen LogP contribution in [0, 0.1) is 6.92 Å². The Kier molecular flexibility index (Phi) is 10.9. The molecule has 230 valence electrons. The predicted octanol–water partition coefficient (Wildman–Crippen LogP) is 6.83. The first kappa shape index (κ1) is 32.6. The minimum atomic E-state index is -4.11. The molecule has 1 aliphatic rings. The second-order valence-corrected chi connectivity index (χ2v) is 14.0. The van der Waals surface area contributed by atoms with Crippen LogP contribution in [0.3, 0.4) is 0 Å². The summed E-state index contributed by atoms with van der Waals surface area (Å²) in [6.07, 6.45) is 5.12. The zero-order valence-corrected chi connectivity index (χ0v) is 27.0. The van der Waals surface area contributed by atoms with Gasteiger partial charge in [0, 0.05) is 17.6 Å². The van der Waals surface area contributed by atoms with Crippen LogP contribution in [0.5, 0.6) is 0 Å².